The third kappa shape index (κ3) is 27.8. The van der Waals surface area contributed by atoms with E-state index >= 15 is 0 Å². The first-order chi connectivity index (χ1) is 35.5. The first kappa shape index (κ1) is 69.2. The van der Waals surface area contributed by atoms with Gasteiger partial charge in [-0.15, -0.1) is 0 Å². The van der Waals surface area contributed by atoms with Crippen LogP contribution in [0.2, 0.25) is 0 Å². The Hall–Kier alpha value is -0.940. The van der Waals surface area contributed by atoms with Crippen molar-refractivity contribution in [1.29, 1.82) is 0 Å². The Bertz CT molecular complexity index is 1430. The Morgan fingerprint density at radius 3 is 1.34 bits per heavy atom. The minimum atomic E-state index is -5.46. The highest BCUT2D eigenvalue weighted by Gasteiger charge is 2.55. The lowest BCUT2D eigenvalue weighted by molar-refractivity contribution is -0.315. The van der Waals surface area contributed by atoms with Crippen LogP contribution in [-0.2, 0) is 27.9 Å². The minimum Gasteiger partial charge on any atom is -0.394 e. The molecule has 16 atom stereocenters. The molecule has 1 aliphatic heterocycles. The number of nitrogens with two attached hydrogens (primary N) is 1. The van der Waals surface area contributed by atoms with Crippen molar-refractivity contribution in [2.45, 2.75) is 324 Å². The van der Waals surface area contributed by atoms with Crippen molar-refractivity contribution in [2.75, 3.05) is 13.2 Å². The lowest BCUT2D eigenvalue weighted by atomic mass is 9.84. The van der Waals surface area contributed by atoms with Crippen LogP contribution >= 0.6 is 7.82 Å². The normalized spacial score (nSPS) is 27.9. The summed E-state index contributed by atoms with van der Waals surface area (Å²) in [5, 5.41) is 109. The quantitative estimate of drug-likeness (QED) is 0.0247. The molecule has 5 unspecified atom stereocenters. The molecule has 0 aromatic rings. The summed E-state index contributed by atoms with van der Waals surface area (Å²) in [5.74, 6) is -0.907. The maximum atomic E-state index is 13.6. The number of unbranched alkanes of at least 4 members (excludes halogenated alkanes) is 30. The van der Waals surface area contributed by atoms with Gasteiger partial charge in [0.25, 0.3) is 0 Å². The molecule has 2 rings (SSSR count). The number of aliphatic hydroxyl groups is 10. The van der Waals surface area contributed by atoms with Gasteiger partial charge in [0.2, 0.25) is 5.91 Å². The van der Waals surface area contributed by atoms with E-state index in [0.717, 1.165) is 51.4 Å². The van der Waals surface area contributed by atoms with Gasteiger partial charge in [-0.05, 0) is 12.8 Å². The second-order valence-electron chi connectivity index (χ2n) is 21.6. The number of carbonyl (C=O) groups excluding carboxylic acids is 1. The van der Waals surface area contributed by atoms with E-state index in [4.69, 9.17) is 24.3 Å². The number of phosphoric ester groups is 1. The molecule has 1 heterocycles. The molecule has 74 heavy (non-hydrogen) atoms. The monoisotopic (exact) mass is 1090 g/mol. The van der Waals surface area contributed by atoms with E-state index in [2.05, 4.69) is 19.2 Å². The van der Waals surface area contributed by atoms with Gasteiger partial charge in [-0.3, -0.25) is 13.8 Å². The Morgan fingerprint density at radius 2 is 0.932 bits per heavy atom. The molecule has 0 aromatic heterocycles. The summed E-state index contributed by atoms with van der Waals surface area (Å²) in [6.07, 6.45) is 13.5. The number of phosphoric acid groups is 1. The first-order valence-corrected chi connectivity index (χ1v) is 30.8. The molecule has 1 amide bonds. The summed E-state index contributed by atoms with van der Waals surface area (Å²) in [7, 11) is -5.46. The second kappa shape index (κ2) is 41.1. The smallest absolute Gasteiger partial charge is 0.394 e. The zero-order valence-corrected chi connectivity index (χ0v) is 46.4. The van der Waals surface area contributed by atoms with Gasteiger partial charge in [-0.1, -0.05) is 219 Å². The highest BCUT2D eigenvalue weighted by atomic mass is 31.2. The average Bonchev–Trinajstić information content (AvgIpc) is 3.38. The SMILES string of the molecule is CCCCCCCCCCCCCCCCCCCCCCC(O)C(=O)NC(COP(=O)(O)O[C@H]1[C@H](O)[C@@H](O)[C@H](O)[C@@H](O)[C@H]1O[C@H]1O[C@H](CO)[C@@H](O)[C@H](O)[C@H]1N)C(O)C(O)CCCCCCCCCCCCCC. The van der Waals surface area contributed by atoms with Crippen LogP contribution in [0.1, 0.15) is 232 Å². The number of amides is 1. The predicted octanol–water partition coefficient (Wildman–Crippen LogP) is 5.97. The van der Waals surface area contributed by atoms with Gasteiger partial charge in [0.05, 0.1) is 31.4 Å². The highest BCUT2D eigenvalue weighted by Crippen LogP contribution is 2.48. The van der Waals surface area contributed by atoms with Crippen molar-refractivity contribution in [3.05, 3.63) is 0 Å². The van der Waals surface area contributed by atoms with Gasteiger partial charge in [-0.2, -0.15) is 0 Å². The molecule has 1 saturated heterocycles. The molecule has 1 aliphatic carbocycles. The Morgan fingerprint density at radius 1 is 0.554 bits per heavy atom. The summed E-state index contributed by atoms with van der Waals surface area (Å²) >= 11 is 0. The van der Waals surface area contributed by atoms with Gasteiger partial charge in [0, 0.05) is 0 Å². The number of carbonyl (C=O) groups is 1. The van der Waals surface area contributed by atoms with E-state index in [9.17, 15) is 65.3 Å². The van der Waals surface area contributed by atoms with Gasteiger partial charge in [0.15, 0.2) is 6.29 Å². The molecule has 0 radical (unpaired) electrons. The molecule has 440 valence electrons. The second-order valence-corrected chi connectivity index (χ2v) is 23.0. The van der Waals surface area contributed by atoms with Crippen LogP contribution in [0.3, 0.4) is 0 Å². The van der Waals surface area contributed by atoms with Crippen LogP contribution in [0.15, 0.2) is 0 Å². The fourth-order valence-corrected chi connectivity index (χ4v) is 11.0. The lowest BCUT2D eigenvalue weighted by Crippen LogP contribution is -2.68. The number of rotatable bonds is 46. The minimum absolute atomic E-state index is 0.109. The van der Waals surface area contributed by atoms with Crippen molar-refractivity contribution in [3.63, 3.8) is 0 Å². The summed E-state index contributed by atoms with van der Waals surface area (Å²) < 4.78 is 35.1. The van der Waals surface area contributed by atoms with Crippen LogP contribution in [-0.4, -0.2) is 167 Å². The van der Waals surface area contributed by atoms with Gasteiger partial charge in [0.1, 0.15) is 67.1 Å². The van der Waals surface area contributed by atoms with Crippen molar-refractivity contribution in [1.82, 2.24) is 5.32 Å². The maximum absolute atomic E-state index is 13.6. The van der Waals surface area contributed by atoms with E-state index in [-0.39, 0.29) is 12.8 Å². The molecule has 14 N–H and O–H groups in total. The van der Waals surface area contributed by atoms with Crippen molar-refractivity contribution < 1.29 is 83.8 Å². The third-order valence-electron chi connectivity index (χ3n) is 15.1. The first-order valence-electron chi connectivity index (χ1n) is 29.3. The summed E-state index contributed by atoms with van der Waals surface area (Å²) in [4.78, 5) is 24.3. The summed E-state index contributed by atoms with van der Waals surface area (Å²) in [5.41, 5.74) is 5.97. The summed E-state index contributed by atoms with van der Waals surface area (Å²) in [6.45, 7) is 2.67. The molecule has 0 spiro atoms. The fourth-order valence-electron chi connectivity index (χ4n) is 10.1. The highest BCUT2D eigenvalue weighted by molar-refractivity contribution is 7.47. The van der Waals surface area contributed by atoms with Crippen LogP contribution in [0, 0.1) is 0 Å². The predicted molar refractivity (Wildman–Crippen MR) is 284 cm³/mol. The molecule has 19 nitrogen and oxygen atoms in total. The van der Waals surface area contributed by atoms with Crippen molar-refractivity contribution in [2.24, 2.45) is 5.73 Å². The number of nitrogens with one attached hydrogen (secondary N) is 1. The topological polar surface area (TPSA) is 332 Å². The molecular weight excluding hydrogens is 980 g/mol. The Labute approximate surface area is 444 Å². The van der Waals surface area contributed by atoms with Gasteiger partial charge in [-0.25, -0.2) is 4.57 Å². The van der Waals surface area contributed by atoms with Crippen LogP contribution in [0.5, 0.6) is 0 Å². The average molecular weight is 1090 g/mol. The maximum Gasteiger partial charge on any atom is 0.472 e. The van der Waals surface area contributed by atoms with Crippen LogP contribution in [0.25, 0.3) is 0 Å². The summed E-state index contributed by atoms with van der Waals surface area (Å²) in [6, 6.07) is -3.11. The Kier molecular flexibility index (Phi) is 38.4. The number of hydrogen-bond acceptors (Lipinski definition) is 17. The molecular formula is C54H107N2O17P. The molecule has 0 bridgehead atoms. The van der Waals surface area contributed by atoms with Crippen molar-refractivity contribution >= 4 is 13.7 Å². The molecule has 0 aromatic carbocycles. The van der Waals surface area contributed by atoms with E-state index in [1.807, 2.05) is 0 Å². The molecule has 2 fully saturated rings. The van der Waals surface area contributed by atoms with E-state index in [1.54, 1.807) is 0 Å². The zero-order chi connectivity index (χ0) is 54.7. The van der Waals surface area contributed by atoms with Crippen LogP contribution in [0.4, 0.5) is 0 Å². The lowest BCUT2D eigenvalue weighted by Gasteiger charge is -2.47. The fraction of sp³-hybridized carbons (Fsp3) is 0.981. The largest absolute Gasteiger partial charge is 0.472 e. The number of ether oxygens (including phenoxy) is 2. The third-order valence-corrected chi connectivity index (χ3v) is 16.0. The van der Waals surface area contributed by atoms with Crippen LogP contribution < -0.4 is 11.1 Å². The molecule has 2 aliphatic rings. The van der Waals surface area contributed by atoms with E-state index in [0.29, 0.717) is 12.8 Å². The van der Waals surface area contributed by atoms with E-state index in [1.165, 1.54) is 141 Å². The Balaban J connectivity index is 1.93. The zero-order valence-electron chi connectivity index (χ0n) is 45.5. The molecule has 20 heteroatoms. The van der Waals surface area contributed by atoms with Gasteiger partial charge >= 0.3 is 7.82 Å². The van der Waals surface area contributed by atoms with Gasteiger partial charge < -0.3 is 76.5 Å². The standard InChI is InChI=1S/C54H107N2O17P/c1-3-5-7-9-11-13-15-17-18-19-20-21-22-23-24-26-28-30-32-34-36-41(59)53(67)56-39(44(60)40(58)35-33-31-29-27-25-16-14-12-10-8-6-4-2)38-70-74(68,69)73-52-50(66)48(64)47(63)49(65)51(52)72-54-43(55)46(62)45(61)42(37-57)71-54/h39-52,54,57-66H,3-38,55H2,1-2H3,(H,56,67)(H,68,69)/t39?,40?,41?,42-,43-,44?,45-,46-,47+,48+,49-,50-,51-,52+,54-/m1/s1. The van der Waals surface area contributed by atoms with Crippen molar-refractivity contribution in [3.8, 4) is 0 Å². The number of aliphatic hydroxyl groups excluding tert-OH is 10. The van der Waals surface area contributed by atoms with E-state index < -0.39 is 119 Å². The number of hydrogen-bond donors (Lipinski definition) is 13. The molecule has 1 saturated carbocycles.